The van der Waals surface area contributed by atoms with Crippen molar-refractivity contribution in [2.24, 2.45) is 5.41 Å². The van der Waals surface area contributed by atoms with E-state index in [-0.39, 0.29) is 22.9 Å². The molecule has 0 unspecified atom stereocenters. The molecule has 1 aliphatic rings. The normalized spacial score (nSPS) is 17.0. The van der Waals surface area contributed by atoms with Crippen LogP contribution in [-0.2, 0) is 10.0 Å². The molecule has 1 heterocycles. The predicted octanol–water partition coefficient (Wildman–Crippen LogP) is 0.422. The van der Waals surface area contributed by atoms with Crippen molar-refractivity contribution in [3.8, 4) is 0 Å². The first kappa shape index (κ1) is 16.0. The van der Waals surface area contributed by atoms with Gasteiger partial charge >= 0.3 is 0 Å². The van der Waals surface area contributed by atoms with Crippen LogP contribution in [0, 0.1) is 5.41 Å². The lowest BCUT2D eigenvalue weighted by Gasteiger charge is -2.13. The molecule has 2 N–H and O–H groups in total. The van der Waals surface area contributed by atoms with Crippen LogP contribution in [0.3, 0.4) is 0 Å². The Balaban J connectivity index is 2.00. The van der Waals surface area contributed by atoms with Gasteiger partial charge in [-0.1, -0.05) is 0 Å². The minimum Gasteiger partial charge on any atom is -0.438 e. The molecule has 1 amide bonds. The average Bonchev–Trinajstić information content (AvgIpc) is 3.00. The second-order valence-electron chi connectivity index (χ2n) is 5.56. The van der Waals surface area contributed by atoms with Gasteiger partial charge in [0, 0.05) is 27.2 Å². The van der Waals surface area contributed by atoms with Gasteiger partial charge in [0.25, 0.3) is 15.9 Å². The number of nitrogens with zero attached hydrogens (tertiary/aromatic N) is 1. The van der Waals surface area contributed by atoms with Gasteiger partial charge in [-0.05, 0) is 36.8 Å². The quantitative estimate of drug-likeness (QED) is 0.759. The molecule has 0 radical (unpaired) electrons. The van der Waals surface area contributed by atoms with E-state index < -0.39 is 15.9 Å². The maximum absolute atomic E-state index is 12.0. The van der Waals surface area contributed by atoms with Crippen LogP contribution in [0.15, 0.2) is 21.6 Å². The summed E-state index contributed by atoms with van der Waals surface area (Å²) in [6, 6.07) is 2.61. The Labute approximate surface area is 124 Å². The Kier molecular flexibility index (Phi) is 4.40. The highest BCUT2D eigenvalue weighted by molar-refractivity contribution is 7.88. The summed E-state index contributed by atoms with van der Waals surface area (Å²) in [4.78, 5) is 12.0. The predicted molar refractivity (Wildman–Crippen MR) is 75.3 cm³/mol. The molecule has 0 bridgehead atoms. The van der Waals surface area contributed by atoms with E-state index in [1.807, 2.05) is 0 Å². The molecular weight excluding hydrogens is 296 g/mol. The maximum atomic E-state index is 12.0. The van der Waals surface area contributed by atoms with Crippen molar-refractivity contribution < 1.29 is 22.7 Å². The number of hydrogen-bond acceptors (Lipinski definition) is 5. The summed E-state index contributed by atoms with van der Waals surface area (Å²) >= 11 is 0. The Hall–Kier alpha value is -1.38. The van der Waals surface area contributed by atoms with Gasteiger partial charge in [0.15, 0.2) is 5.76 Å². The Bertz CT molecular complexity index is 616. The molecule has 118 valence electrons. The summed E-state index contributed by atoms with van der Waals surface area (Å²) in [6.45, 7) is 0.560. The van der Waals surface area contributed by atoms with E-state index in [0.717, 1.165) is 17.1 Å². The molecule has 0 aliphatic heterocycles. The zero-order chi connectivity index (χ0) is 15.7. The van der Waals surface area contributed by atoms with E-state index in [2.05, 4.69) is 5.32 Å². The van der Waals surface area contributed by atoms with Gasteiger partial charge in [0.2, 0.25) is 5.09 Å². The lowest BCUT2D eigenvalue weighted by atomic mass is 10.0. The number of nitrogens with one attached hydrogen (secondary N) is 1. The van der Waals surface area contributed by atoms with Gasteiger partial charge in [0.1, 0.15) is 0 Å². The van der Waals surface area contributed by atoms with Crippen LogP contribution in [0.25, 0.3) is 0 Å². The summed E-state index contributed by atoms with van der Waals surface area (Å²) < 4.78 is 29.9. The lowest BCUT2D eigenvalue weighted by Crippen LogP contribution is -2.30. The van der Waals surface area contributed by atoms with Gasteiger partial charge in [0.05, 0.1) is 0 Å². The van der Waals surface area contributed by atoms with Crippen molar-refractivity contribution in [3.63, 3.8) is 0 Å². The van der Waals surface area contributed by atoms with Crippen LogP contribution >= 0.6 is 0 Å². The number of hydrogen-bond donors (Lipinski definition) is 2. The first-order valence-electron chi connectivity index (χ1n) is 6.72. The SMILES string of the molecule is CN(C)S(=O)(=O)c1ccc(C(=O)NCC2(CCO)CC2)o1. The van der Waals surface area contributed by atoms with Gasteiger partial charge in [-0.25, -0.2) is 12.7 Å². The number of aliphatic hydroxyl groups is 1. The first-order chi connectivity index (χ1) is 9.81. The zero-order valence-electron chi connectivity index (χ0n) is 12.1. The van der Waals surface area contributed by atoms with Crippen molar-refractivity contribution in [2.45, 2.75) is 24.4 Å². The van der Waals surface area contributed by atoms with Crippen molar-refractivity contribution in [3.05, 3.63) is 17.9 Å². The van der Waals surface area contributed by atoms with Crippen molar-refractivity contribution in [2.75, 3.05) is 27.2 Å². The molecule has 7 nitrogen and oxygen atoms in total. The second kappa shape index (κ2) is 5.78. The highest BCUT2D eigenvalue weighted by atomic mass is 32.2. The molecule has 2 rings (SSSR count). The third-order valence-electron chi connectivity index (χ3n) is 3.76. The van der Waals surface area contributed by atoms with Crippen molar-refractivity contribution >= 4 is 15.9 Å². The summed E-state index contributed by atoms with van der Waals surface area (Å²) in [5.41, 5.74) is -0.00442. The van der Waals surface area contributed by atoms with Crippen LogP contribution in [0.5, 0.6) is 0 Å². The number of carbonyl (C=O) groups excluding carboxylic acids is 1. The largest absolute Gasteiger partial charge is 0.438 e. The fourth-order valence-corrected chi connectivity index (χ4v) is 2.84. The van der Waals surface area contributed by atoms with E-state index in [9.17, 15) is 13.2 Å². The standard InChI is InChI=1S/C13H20N2O5S/c1-15(2)21(18,19)11-4-3-10(20-11)12(17)14-9-13(5-6-13)7-8-16/h3-4,16H,5-9H2,1-2H3,(H,14,17). The minimum atomic E-state index is -3.68. The van der Waals surface area contributed by atoms with E-state index in [0.29, 0.717) is 13.0 Å². The van der Waals surface area contributed by atoms with E-state index in [1.54, 1.807) is 0 Å². The second-order valence-corrected chi connectivity index (χ2v) is 7.65. The maximum Gasteiger partial charge on any atom is 0.287 e. The molecule has 0 spiro atoms. The summed E-state index contributed by atoms with van der Waals surface area (Å²) in [5, 5.41) is 11.4. The topological polar surface area (TPSA) is 99.9 Å². The minimum absolute atomic E-state index is 0.00442. The highest BCUT2D eigenvalue weighted by Gasteiger charge is 2.42. The molecule has 21 heavy (non-hydrogen) atoms. The third kappa shape index (κ3) is 3.45. The number of aliphatic hydroxyl groups excluding tert-OH is 1. The fraction of sp³-hybridized carbons (Fsp3) is 0.615. The molecule has 0 atom stereocenters. The third-order valence-corrected chi connectivity index (χ3v) is 5.45. The van der Waals surface area contributed by atoms with E-state index in [1.165, 1.54) is 26.2 Å². The monoisotopic (exact) mass is 316 g/mol. The van der Waals surface area contributed by atoms with Crippen molar-refractivity contribution in [1.82, 2.24) is 9.62 Å². The number of amides is 1. The molecule has 0 saturated heterocycles. The van der Waals surface area contributed by atoms with Crippen LogP contribution in [0.1, 0.15) is 29.8 Å². The summed E-state index contributed by atoms with van der Waals surface area (Å²) in [7, 11) is -0.891. The Morgan fingerprint density at radius 1 is 1.43 bits per heavy atom. The number of rotatable bonds is 7. The Morgan fingerprint density at radius 3 is 2.62 bits per heavy atom. The Morgan fingerprint density at radius 2 is 2.10 bits per heavy atom. The van der Waals surface area contributed by atoms with Crippen LogP contribution in [-0.4, -0.2) is 51.0 Å². The van der Waals surface area contributed by atoms with Gasteiger partial charge < -0.3 is 14.8 Å². The van der Waals surface area contributed by atoms with Crippen LogP contribution in [0.2, 0.25) is 0 Å². The van der Waals surface area contributed by atoms with Crippen LogP contribution < -0.4 is 5.32 Å². The van der Waals surface area contributed by atoms with Crippen molar-refractivity contribution in [1.29, 1.82) is 0 Å². The molecule has 1 aromatic heterocycles. The molecule has 1 saturated carbocycles. The first-order valence-corrected chi connectivity index (χ1v) is 8.16. The van der Waals surface area contributed by atoms with Gasteiger partial charge in [-0.3, -0.25) is 4.79 Å². The van der Waals surface area contributed by atoms with Crippen LogP contribution in [0.4, 0.5) is 0 Å². The van der Waals surface area contributed by atoms with Gasteiger partial charge in [-0.2, -0.15) is 0 Å². The summed E-state index contributed by atoms with van der Waals surface area (Å²) in [5.74, 6) is -0.477. The molecule has 1 fully saturated rings. The summed E-state index contributed by atoms with van der Waals surface area (Å²) in [6.07, 6.45) is 2.62. The average molecular weight is 316 g/mol. The number of furan rings is 1. The van der Waals surface area contributed by atoms with E-state index in [4.69, 9.17) is 9.52 Å². The highest BCUT2D eigenvalue weighted by Crippen LogP contribution is 2.47. The van der Waals surface area contributed by atoms with Gasteiger partial charge in [-0.15, -0.1) is 0 Å². The molecule has 0 aromatic carbocycles. The number of carbonyl (C=O) groups is 1. The smallest absolute Gasteiger partial charge is 0.287 e. The molecule has 8 heteroatoms. The lowest BCUT2D eigenvalue weighted by molar-refractivity contribution is 0.0907. The molecule has 1 aliphatic carbocycles. The molecular formula is C13H20N2O5S. The van der Waals surface area contributed by atoms with E-state index >= 15 is 0 Å². The number of sulfonamides is 1. The molecule has 1 aromatic rings. The fourth-order valence-electron chi connectivity index (χ4n) is 2.04. The zero-order valence-corrected chi connectivity index (χ0v) is 12.9.